The number of nitrogens with zero attached hydrogens (tertiary/aromatic N) is 2. The van der Waals surface area contributed by atoms with Crippen molar-refractivity contribution in [2.45, 2.75) is 20.4 Å². The molecule has 0 saturated carbocycles. The summed E-state index contributed by atoms with van der Waals surface area (Å²) in [6, 6.07) is 5.71. The maximum atomic E-state index is 11.9. The summed E-state index contributed by atoms with van der Waals surface area (Å²) in [7, 11) is 0. The van der Waals surface area contributed by atoms with E-state index < -0.39 is 0 Å². The van der Waals surface area contributed by atoms with Crippen LogP contribution < -0.4 is 5.73 Å². The normalized spacial score (nSPS) is 10.8. The minimum atomic E-state index is -0.122. The Hall–Kier alpha value is -0.840. The number of hydrogen-bond donors (Lipinski definition) is 1. The van der Waals surface area contributed by atoms with Crippen LogP contribution in [-0.4, -0.2) is 28.9 Å². The van der Waals surface area contributed by atoms with Crippen molar-refractivity contribution in [2.24, 2.45) is 11.7 Å². The van der Waals surface area contributed by atoms with Crippen molar-refractivity contribution in [1.29, 1.82) is 0 Å². The summed E-state index contributed by atoms with van der Waals surface area (Å²) in [6.45, 7) is 5.44. The first kappa shape index (κ1) is 19.5. The second-order valence-electron chi connectivity index (χ2n) is 3.81. The Morgan fingerprint density at radius 2 is 2.11 bits per heavy atom. The number of pyridine rings is 1. The van der Waals surface area contributed by atoms with Crippen LogP contribution in [0.25, 0.3) is 0 Å². The highest BCUT2D eigenvalue weighted by Crippen LogP contribution is 2.06. The van der Waals surface area contributed by atoms with E-state index in [-0.39, 0.29) is 36.6 Å². The van der Waals surface area contributed by atoms with Gasteiger partial charge in [-0.1, -0.05) is 13.0 Å². The van der Waals surface area contributed by atoms with Gasteiger partial charge in [-0.2, -0.15) is 0 Å². The molecule has 104 valence electrons. The van der Waals surface area contributed by atoms with E-state index in [0.29, 0.717) is 19.6 Å². The quantitative estimate of drug-likeness (QED) is 0.902. The fraction of sp³-hybridized carbons (Fsp3) is 0.500. The van der Waals surface area contributed by atoms with Crippen LogP contribution in [0.1, 0.15) is 19.5 Å². The Morgan fingerprint density at radius 3 is 2.56 bits per heavy atom. The van der Waals surface area contributed by atoms with Crippen LogP contribution in [0.5, 0.6) is 0 Å². The van der Waals surface area contributed by atoms with E-state index in [0.717, 1.165) is 5.69 Å². The first-order valence-corrected chi connectivity index (χ1v) is 5.57. The average Bonchev–Trinajstić information content (AvgIpc) is 2.35. The van der Waals surface area contributed by atoms with Crippen molar-refractivity contribution in [3.05, 3.63) is 30.1 Å². The highest BCUT2D eigenvalue weighted by atomic mass is 35.5. The molecule has 18 heavy (non-hydrogen) atoms. The maximum Gasteiger partial charge on any atom is 0.227 e. The number of halogens is 2. The van der Waals surface area contributed by atoms with Crippen molar-refractivity contribution in [3.63, 3.8) is 0 Å². The van der Waals surface area contributed by atoms with Gasteiger partial charge in [0.2, 0.25) is 5.91 Å². The molecule has 0 aliphatic heterocycles. The van der Waals surface area contributed by atoms with E-state index in [2.05, 4.69) is 4.98 Å². The molecular formula is C12H21Cl2N3O. The molecule has 1 atom stereocenters. The topological polar surface area (TPSA) is 59.2 Å². The molecule has 2 N–H and O–H groups in total. The largest absolute Gasteiger partial charge is 0.337 e. The van der Waals surface area contributed by atoms with Crippen molar-refractivity contribution in [2.75, 3.05) is 13.1 Å². The van der Waals surface area contributed by atoms with Gasteiger partial charge in [0, 0.05) is 25.2 Å². The lowest BCUT2D eigenvalue weighted by Crippen LogP contribution is -2.37. The van der Waals surface area contributed by atoms with Crippen LogP contribution in [0, 0.1) is 5.92 Å². The first-order chi connectivity index (χ1) is 7.69. The summed E-state index contributed by atoms with van der Waals surface area (Å²) in [6.07, 6.45) is 1.74. The van der Waals surface area contributed by atoms with Gasteiger partial charge in [-0.05, 0) is 19.1 Å². The van der Waals surface area contributed by atoms with Gasteiger partial charge in [-0.3, -0.25) is 9.78 Å². The summed E-state index contributed by atoms with van der Waals surface area (Å²) in [5, 5.41) is 0. The number of nitrogens with two attached hydrogens (primary N) is 1. The minimum Gasteiger partial charge on any atom is -0.337 e. The molecule has 0 fully saturated rings. The van der Waals surface area contributed by atoms with Crippen molar-refractivity contribution < 1.29 is 4.79 Å². The van der Waals surface area contributed by atoms with Gasteiger partial charge >= 0.3 is 0 Å². The molecule has 0 aromatic carbocycles. The number of hydrogen-bond acceptors (Lipinski definition) is 3. The number of amides is 1. The van der Waals surface area contributed by atoms with Gasteiger partial charge in [0.15, 0.2) is 0 Å². The summed E-state index contributed by atoms with van der Waals surface area (Å²) in [4.78, 5) is 17.9. The molecular weight excluding hydrogens is 273 g/mol. The van der Waals surface area contributed by atoms with Gasteiger partial charge in [0.05, 0.1) is 12.2 Å². The summed E-state index contributed by atoms with van der Waals surface area (Å²) in [5.41, 5.74) is 6.40. The smallest absolute Gasteiger partial charge is 0.227 e. The van der Waals surface area contributed by atoms with Crippen LogP contribution >= 0.6 is 24.8 Å². The summed E-state index contributed by atoms with van der Waals surface area (Å²) >= 11 is 0. The van der Waals surface area contributed by atoms with Crippen LogP contribution in [0.4, 0.5) is 0 Å². The zero-order valence-electron chi connectivity index (χ0n) is 10.7. The molecule has 0 aliphatic rings. The molecule has 0 aliphatic carbocycles. The average molecular weight is 294 g/mol. The van der Waals surface area contributed by atoms with Gasteiger partial charge in [-0.25, -0.2) is 0 Å². The molecule has 4 nitrogen and oxygen atoms in total. The Labute approximate surface area is 121 Å². The highest BCUT2D eigenvalue weighted by Gasteiger charge is 2.18. The third-order valence-corrected chi connectivity index (χ3v) is 2.55. The number of carbonyl (C=O) groups excluding carboxylic acids is 1. The van der Waals surface area contributed by atoms with Gasteiger partial charge in [-0.15, -0.1) is 24.8 Å². The molecule has 1 aromatic rings. The molecule has 0 spiro atoms. The highest BCUT2D eigenvalue weighted by molar-refractivity contribution is 5.85. The molecule has 1 amide bonds. The van der Waals surface area contributed by atoms with E-state index in [1.807, 2.05) is 32.0 Å². The Balaban J connectivity index is 0. The molecule has 1 rings (SSSR count). The molecule has 0 saturated heterocycles. The van der Waals surface area contributed by atoms with Crippen molar-refractivity contribution in [3.8, 4) is 0 Å². The number of aromatic nitrogens is 1. The second kappa shape index (κ2) is 10.1. The number of carbonyl (C=O) groups is 1. The van der Waals surface area contributed by atoms with Crippen molar-refractivity contribution >= 4 is 30.7 Å². The third kappa shape index (κ3) is 5.67. The third-order valence-electron chi connectivity index (χ3n) is 2.55. The van der Waals surface area contributed by atoms with E-state index in [4.69, 9.17) is 5.73 Å². The Bertz CT molecular complexity index is 335. The zero-order valence-corrected chi connectivity index (χ0v) is 12.3. The minimum absolute atomic E-state index is 0. The first-order valence-electron chi connectivity index (χ1n) is 5.57. The monoisotopic (exact) mass is 293 g/mol. The molecule has 1 unspecified atom stereocenters. The Morgan fingerprint density at radius 1 is 1.44 bits per heavy atom. The maximum absolute atomic E-state index is 11.9. The summed E-state index contributed by atoms with van der Waals surface area (Å²) in [5.74, 6) is -0.0284. The molecule has 1 aromatic heterocycles. The fourth-order valence-electron chi connectivity index (χ4n) is 1.45. The van der Waals surface area contributed by atoms with E-state index >= 15 is 0 Å². The van der Waals surface area contributed by atoms with Crippen LogP contribution in [0.2, 0.25) is 0 Å². The predicted molar refractivity (Wildman–Crippen MR) is 78.0 cm³/mol. The Kier molecular flexibility index (Phi) is 11.0. The molecule has 1 heterocycles. The molecule has 0 radical (unpaired) electrons. The van der Waals surface area contributed by atoms with E-state index in [1.54, 1.807) is 11.1 Å². The second-order valence-corrected chi connectivity index (χ2v) is 3.81. The predicted octanol–water partition coefficient (Wildman–Crippen LogP) is 1.87. The lowest BCUT2D eigenvalue weighted by atomic mass is 10.1. The fourth-order valence-corrected chi connectivity index (χ4v) is 1.45. The van der Waals surface area contributed by atoms with Crippen LogP contribution in [-0.2, 0) is 11.3 Å². The van der Waals surface area contributed by atoms with E-state index in [9.17, 15) is 4.79 Å². The van der Waals surface area contributed by atoms with Gasteiger partial charge in [0.1, 0.15) is 0 Å². The van der Waals surface area contributed by atoms with Crippen molar-refractivity contribution in [1.82, 2.24) is 9.88 Å². The number of rotatable bonds is 5. The van der Waals surface area contributed by atoms with E-state index in [1.165, 1.54) is 0 Å². The molecule has 6 heteroatoms. The van der Waals surface area contributed by atoms with Gasteiger partial charge < -0.3 is 10.6 Å². The standard InChI is InChI=1S/C12H19N3O.2ClH/c1-3-15(12(16)10(2)8-13)9-11-6-4-5-7-14-11;;/h4-7,10H,3,8-9,13H2,1-2H3;2*1H. The van der Waals surface area contributed by atoms with Crippen LogP contribution in [0.3, 0.4) is 0 Å². The summed E-state index contributed by atoms with van der Waals surface area (Å²) < 4.78 is 0. The lowest BCUT2D eigenvalue weighted by Gasteiger charge is -2.23. The SMILES string of the molecule is CCN(Cc1ccccn1)C(=O)C(C)CN.Cl.Cl. The van der Waals surface area contributed by atoms with Crippen LogP contribution in [0.15, 0.2) is 24.4 Å². The lowest BCUT2D eigenvalue weighted by molar-refractivity contribution is -0.135. The zero-order chi connectivity index (χ0) is 12.0. The van der Waals surface area contributed by atoms with Gasteiger partial charge in [0.25, 0.3) is 0 Å². The molecule has 0 bridgehead atoms.